The second-order valence-corrected chi connectivity index (χ2v) is 13.5. The topological polar surface area (TPSA) is 142 Å². The van der Waals surface area contributed by atoms with E-state index < -0.39 is 27.8 Å². The quantitative estimate of drug-likeness (QED) is 0.287. The second kappa shape index (κ2) is 15.7. The van der Waals surface area contributed by atoms with Crippen molar-refractivity contribution in [2.45, 2.75) is 50.2 Å². The van der Waals surface area contributed by atoms with Gasteiger partial charge in [-0.15, -0.1) is 0 Å². The van der Waals surface area contributed by atoms with E-state index in [2.05, 4.69) is 30.0 Å². The maximum absolute atomic E-state index is 12.9. The number of alkyl carbamates (subject to hydrolysis) is 1. The fraction of sp³-hybridized carbons (Fsp3) is 0.679. The van der Waals surface area contributed by atoms with Gasteiger partial charge in [0, 0.05) is 58.5 Å². The smallest absolute Gasteiger partial charge is 0.408 e. The first-order chi connectivity index (χ1) is 19.9. The number of methoxy groups -OCH3 is 1. The van der Waals surface area contributed by atoms with Gasteiger partial charge >= 0.3 is 6.09 Å². The lowest BCUT2D eigenvalue weighted by Gasteiger charge is -2.35. The zero-order chi connectivity index (χ0) is 30.8. The summed E-state index contributed by atoms with van der Waals surface area (Å²) in [5.41, 5.74) is -0.177. The average Bonchev–Trinajstić information content (AvgIpc) is 3.42. The van der Waals surface area contributed by atoms with Crippen LogP contribution in [0.25, 0.3) is 11.4 Å². The van der Waals surface area contributed by atoms with Crippen LogP contribution in [-0.2, 0) is 19.5 Å². The zero-order valence-electron chi connectivity index (χ0n) is 25.8. The van der Waals surface area contributed by atoms with Crippen LogP contribution >= 0.6 is 0 Å². The highest BCUT2D eigenvalue weighted by Crippen LogP contribution is 2.24. The minimum Gasteiger partial charge on any atom is -0.444 e. The number of amides is 1. The largest absolute Gasteiger partial charge is 0.444 e. The second-order valence-electron chi connectivity index (χ2n) is 11.7. The number of aromatic nitrogens is 2. The zero-order valence-corrected chi connectivity index (χ0v) is 26.6. The van der Waals surface area contributed by atoms with E-state index in [4.69, 9.17) is 14.0 Å². The van der Waals surface area contributed by atoms with Crippen molar-refractivity contribution in [2.24, 2.45) is 0 Å². The molecule has 1 unspecified atom stereocenters. The molecule has 0 radical (unpaired) electrons. The van der Waals surface area contributed by atoms with Crippen LogP contribution in [0.5, 0.6) is 0 Å². The van der Waals surface area contributed by atoms with Gasteiger partial charge in [0.1, 0.15) is 11.6 Å². The molecule has 1 aromatic heterocycles. The molecule has 14 heteroatoms. The van der Waals surface area contributed by atoms with Crippen molar-refractivity contribution in [3.63, 3.8) is 0 Å². The van der Waals surface area contributed by atoms with Gasteiger partial charge in [-0.2, -0.15) is 4.98 Å². The van der Waals surface area contributed by atoms with Gasteiger partial charge in [-0.05, 0) is 66.4 Å². The number of nitrogens with one attached hydrogen (secondary N) is 2. The number of hydrogen-bond acceptors (Lipinski definition) is 11. The average molecular weight is 610 g/mol. The first-order valence-electron chi connectivity index (χ1n) is 14.4. The van der Waals surface area contributed by atoms with Crippen molar-refractivity contribution in [3.05, 3.63) is 30.2 Å². The molecule has 0 spiro atoms. The highest BCUT2D eigenvalue weighted by molar-refractivity contribution is 7.89. The van der Waals surface area contributed by atoms with Crippen molar-refractivity contribution in [2.75, 3.05) is 80.2 Å². The van der Waals surface area contributed by atoms with Crippen LogP contribution in [-0.4, -0.2) is 125 Å². The number of hydrogen-bond donors (Lipinski definition) is 2. The molecular formula is C28H47N7O6S. The Morgan fingerprint density at radius 3 is 2.48 bits per heavy atom. The molecule has 1 amide bonds. The monoisotopic (exact) mass is 609 g/mol. The fourth-order valence-electron chi connectivity index (χ4n) is 4.46. The van der Waals surface area contributed by atoms with Crippen LogP contribution in [0.15, 0.2) is 33.7 Å². The van der Waals surface area contributed by atoms with E-state index in [-0.39, 0.29) is 16.6 Å². The number of benzene rings is 1. The third-order valence-corrected chi connectivity index (χ3v) is 8.18. The Morgan fingerprint density at radius 2 is 1.83 bits per heavy atom. The van der Waals surface area contributed by atoms with E-state index in [1.807, 2.05) is 19.0 Å². The van der Waals surface area contributed by atoms with E-state index in [0.717, 1.165) is 39.3 Å². The normalized spacial score (nSPS) is 16.1. The lowest BCUT2D eigenvalue weighted by atomic mass is 10.1. The third kappa shape index (κ3) is 11.2. The SMILES string of the molecule is COCCN1CCN(CCC(NC(=O)OC(C)(C)C)c2nc(-c3cccc(S(=O)(=O)NCCCN(C)C)c3)no2)CC1. The molecule has 0 aliphatic carbocycles. The Labute approximate surface area is 249 Å². The summed E-state index contributed by atoms with van der Waals surface area (Å²) in [5, 5.41) is 6.99. The summed E-state index contributed by atoms with van der Waals surface area (Å²) in [6.45, 7) is 12.5. The molecule has 2 N–H and O–H groups in total. The van der Waals surface area contributed by atoms with Crippen LogP contribution in [0.3, 0.4) is 0 Å². The Morgan fingerprint density at radius 1 is 1.14 bits per heavy atom. The molecular weight excluding hydrogens is 562 g/mol. The van der Waals surface area contributed by atoms with Crippen molar-refractivity contribution < 1.29 is 27.2 Å². The first-order valence-corrected chi connectivity index (χ1v) is 15.9. The van der Waals surface area contributed by atoms with Gasteiger partial charge in [0.2, 0.25) is 21.7 Å². The number of piperazine rings is 1. The van der Waals surface area contributed by atoms with Crippen LogP contribution in [0.4, 0.5) is 4.79 Å². The molecule has 3 rings (SSSR count). The molecule has 1 saturated heterocycles. The van der Waals surface area contributed by atoms with Gasteiger partial charge in [0.25, 0.3) is 0 Å². The summed E-state index contributed by atoms with van der Waals surface area (Å²) in [5.74, 6) is 0.460. The van der Waals surface area contributed by atoms with E-state index in [1.54, 1.807) is 40.0 Å². The van der Waals surface area contributed by atoms with E-state index >= 15 is 0 Å². The fourth-order valence-corrected chi connectivity index (χ4v) is 5.58. The molecule has 1 atom stereocenters. The predicted octanol–water partition coefficient (Wildman–Crippen LogP) is 2.19. The molecule has 2 heterocycles. The van der Waals surface area contributed by atoms with Crippen LogP contribution in [0.2, 0.25) is 0 Å². The van der Waals surface area contributed by atoms with Gasteiger partial charge in [-0.3, -0.25) is 4.90 Å². The van der Waals surface area contributed by atoms with Crippen molar-refractivity contribution in [1.29, 1.82) is 0 Å². The highest BCUT2D eigenvalue weighted by atomic mass is 32.2. The van der Waals surface area contributed by atoms with E-state index in [9.17, 15) is 13.2 Å². The minimum atomic E-state index is -3.71. The number of ether oxygens (including phenoxy) is 2. The third-order valence-electron chi connectivity index (χ3n) is 6.72. The summed E-state index contributed by atoms with van der Waals surface area (Å²) >= 11 is 0. The Bertz CT molecular complexity index is 1220. The number of rotatable bonds is 15. The molecule has 13 nitrogen and oxygen atoms in total. The minimum absolute atomic E-state index is 0.115. The molecule has 0 bridgehead atoms. The summed E-state index contributed by atoms with van der Waals surface area (Å²) in [6, 6.07) is 5.82. The van der Waals surface area contributed by atoms with Gasteiger partial charge in [0.05, 0.1) is 11.5 Å². The molecule has 42 heavy (non-hydrogen) atoms. The Balaban J connectivity index is 1.70. The van der Waals surface area contributed by atoms with Crippen molar-refractivity contribution in [1.82, 2.24) is 34.9 Å². The maximum Gasteiger partial charge on any atom is 0.408 e. The first kappa shape index (κ1) is 33.9. The Hall–Kier alpha value is -2.62. The lowest BCUT2D eigenvalue weighted by molar-refractivity contribution is 0.0481. The molecule has 1 aliphatic rings. The molecule has 2 aromatic rings. The molecule has 1 aliphatic heterocycles. The van der Waals surface area contributed by atoms with Gasteiger partial charge in [0.15, 0.2) is 0 Å². The lowest BCUT2D eigenvalue weighted by Crippen LogP contribution is -2.48. The molecule has 0 saturated carbocycles. The number of carbonyl (C=O) groups is 1. The molecule has 1 fully saturated rings. The summed E-state index contributed by atoms with van der Waals surface area (Å²) in [4.78, 5) is 24.1. The number of sulfonamides is 1. The summed E-state index contributed by atoms with van der Waals surface area (Å²) < 4.78 is 44.6. The van der Waals surface area contributed by atoms with Crippen LogP contribution in [0.1, 0.15) is 45.5 Å². The summed E-state index contributed by atoms with van der Waals surface area (Å²) in [6.07, 6.45) is 0.643. The Kier molecular flexibility index (Phi) is 12.7. The summed E-state index contributed by atoms with van der Waals surface area (Å²) in [7, 11) is 1.89. The highest BCUT2D eigenvalue weighted by Gasteiger charge is 2.27. The predicted molar refractivity (Wildman–Crippen MR) is 160 cm³/mol. The number of carbonyl (C=O) groups excluding carboxylic acids is 1. The maximum atomic E-state index is 12.9. The van der Waals surface area contributed by atoms with Gasteiger partial charge < -0.3 is 29.1 Å². The van der Waals surface area contributed by atoms with Crippen molar-refractivity contribution >= 4 is 16.1 Å². The van der Waals surface area contributed by atoms with Gasteiger partial charge in [-0.1, -0.05) is 17.3 Å². The van der Waals surface area contributed by atoms with Crippen LogP contribution in [0, 0.1) is 0 Å². The van der Waals surface area contributed by atoms with Crippen molar-refractivity contribution in [3.8, 4) is 11.4 Å². The number of nitrogens with zero attached hydrogens (tertiary/aromatic N) is 5. The van der Waals surface area contributed by atoms with Crippen LogP contribution < -0.4 is 10.0 Å². The van der Waals surface area contributed by atoms with E-state index in [0.29, 0.717) is 38.1 Å². The standard InChI is InChI=1S/C28H47N7O6S/c1-28(2,3)40-27(36)30-24(11-14-34-15-17-35(18-16-34)19-20-39-6)26-31-25(32-41-26)22-9-7-10-23(21-22)42(37,38)29-12-8-13-33(4)5/h7,9-10,21,24,29H,8,11-20H2,1-6H3,(H,30,36). The molecule has 1 aromatic carbocycles. The van der Waals surface area contributed by atoms with Gasteiger partial charge in [-0.25, -0.2) is 17.9 Å². The molecule has 236 valence electrons. The van der Waals surface area contributed by atoms with E-state index in [1.165, 1.54) is 12.1 Å².